The molecule has 1 N–H and O–H groups in total. The second-order valence-corrected chi connectivity index (χ2v) is 9.59. The molecular formula is C30H36O4. The number of rotatable bonds is 10. The van der Waals surface area contributed by atoms with E-state index >= 15 is 0 Å². The summed E-state index contributed by atoms with van der Waals surface area (Å²) in [6.45, 7) is 6.34. The van der Waals surface area contributed by atoms with E-state index in [4.69, 9.17) is 14.2 Å². The van der Waals surface area contributed by atoms with Crippen molar-refractivity contribution in [2.24, 2.45) is 0 Å². The van der Waals surface area contributed by atoms with Gasteiger partial charge in [0.25, 0.3) is 0 Å². The van der Waals surface area contributed by atoms with Gasteiger partial charge in [-0.2, -0.15) is 0 Å². The van der Waals surface area contributed by atoms with E-state index in [0.717, 1.165) is 29.5 Å². The summed E-state index contributed by atoms with van der Waals surface area (Å²) < 4.78 is 18.9. The molecule has 1 heterocycles. The van der Waals surface area contributed by atoms with Gasteiger partial charge in [0.2, 0.25) is 0 Å². The smallest absolute Gasteiger partial charge is 0.163 e. The summed E-state index contributed by atoms with van der Waals surface area (Å²) in [5.41, 5.74) is 0.948. The van der Waals surface area contributed by atoms with Crippen LogP contribution < -0.4 is 0 Å². The molecule has 1 aliphatic rings. The Labute approximate surface area is 203 Å². The Kier molecular flexibility index (Phi) is 7.54. The van der Waals surface area contributed by atoms with Crippen LogP contribution in [-0.4, -0.2) is 35.8 Å². The summed E-state index contributed by atoms with van der Waals surface area (Å²) in [5, 5.41) is 11.9. The number of hydrogen-bond acceptors (Lipinski definition) is 4. The molecule has 180 valence electrons. The fourth-order valence-corrected chi connectivity index (χ4v) is 4.76. The predicted molar refractivity (Wildman–Crippen MR) is 135 cm³/mol. The lowest BCUT2D eigenvalue weighted by molar-refractivity contribution is -0.192. The summed E-state index contributed by atoms with van der Waals surface area (Å²) in [7, 11) is 0. The van der Waals surface area contributed by atoms with E-state index in [1.807, 2.05) is 68.4 Å². The maximum atomic E-state index is 11.9. The zero-order valence-corrected chi connectivity index (χ0v) is 20.4. The highest BCUT2D eigenvalue weighted by molar-refractivity contribution is 5.47. The minimum absolute atomic E-state index is 0.107. The maximum absolute atomic E-state index is 11.9. The van der Waals surface area contributed by atoms with E-state index in [-0.39, 0.29) is 6.61 Å². The monoisotopic (exact) mass is 460 g/mol. The molecule has 0 radical (unpaired) electrons. The van der Waals surface area contributed by atoms with Crippen LogP contribution in [0.25, 0.3) is 0 Å². The van der Waals surface area contributed by atoms with Gasteiger partial charge in [0, 0.05) is 0 Å². The summed E-state index contributed by atoms with van der Waals surface area (Å²) in [5.74, 6) is -0.722. The highest BCUT2D eigenvalue weighted by atomic mass is 16.7. The van der Waals surface area contributed by atoms with Crippen LogP contribution in [0, 0.1) is 0 Å². The number of hydrogen-bond donors (Lipinski definition) is 1. The van der Waals surface area contributed by atoms with E-state index in [1.165, 1.54) is 0 Å². The number of ether oxygens (including phenoxy) is 3. The molecule has 3 aromatic carbocycles. The summed E-state index contributed by atoms with van der Waals surface area (Å²) in [4.78, 5) is 0. The van der Waals surface area contributed by atoms with Crippen LogP contribution in [0.15, 0.2) is 91.0 Å². The lowest BCUT2D eigenvalue weighted by atomic mass is 9.79. The molecule has 2 atom stereocenters. The van der Waals surface area contributed by atoms with Crippen molar-refractivity contribution in [1.29, 1.82) is 0 Å². The van der Waals surface area contributed by atoms with Crippen LogP contribution in [-0.2, 0) is 19.8 Å². The minimum atomic E-state index is -1.19. The van der Waals surface area contributed by atoms with Crippen molar-refractivity contribution in [1.82, 2.24) is 0 Å². The van der Waals surface area contributed by atoms with Gasteiger partial charge in [-0.3, -0.25) is 0 Å². The van der Waals surface area contributed by atoms with Crippen LogP contribution in [0.4, 0.5) is 0 Å². The molecule has 0 bridgehead atoms. The summed E-state index contributed by atoms with van der Waals surface area (Å²) in [6, 6.07) is 30.7. The van der Waals surface area contributed by atoms with E-state index in [2.05, 4.69) is 43.3 Å². The zero-order chi connectivity index (χ0) is 24.1. The first-order chi connectivity index (χ1) is 16.4. The van der Waals surface area contributed by atoms with Crippen molar-refractivity contribution in [2.75, 3.05) is 13.2 Å². The van der Waals surface area contributed by atoms with Crippen LogP contribution in [0.5, 0.6) is 0 Å². The molecule has 4 nitrogen and oxygen atoms in total. The Morgan fingerprint density at radius 1 is 0.853 bits per heavy atom. The van der Waals surface area contributed by atoms with Crippen molar-refractivity contribution in [3.63, 3.8) is 0 Å². The Balaban J connectivity index is 1.79. The molecule has 0 unspecified atom stereocenters. The van der Waals surface area contributed by atoms with Gasteiger partial charge in [0.1, 0.15) is 17.3 Å². The van der Waals surface area contributed by atoms with Gasteiger partial charge in [-0.25, -0.2) is 0 Å². The van der Waals surface area contributed by atoms with Crippen molar-refractivity contribution in [3.8, 4) is 0 Å². The molecule has 34 heavy (non-hydrogen) atoms. The molecule has 0 amide bonds. The van der Waals surface area contributed by atoms with E-state index in [1.54, 1.807) is 0 Å². The fraction of sp³-hybridized carbons (Fsp3) is 0.400. The van der Waals surface area contributed by atoms with Crippen molar-refractivity contribution < 1.29 is 19.3 Å². The largest absolute Gasteiger partial charge is 0.385 e. The van der Waals surface area contributed by atoms with Gasteiger partial charge in [-0.15, -0.1) is 0 Å². The number of unbranched alkanes of at least 4 members (excludes halogenated alkanes) is 1. The Morgan fingerprint density at radius 2 is 1.32 bits per heavy atom. The lowest BCUT2D eigenvalue weighted by Gasteiger charge is -2.41. The normalized spacial score (nSPS) is 19.6. The van der Waals surface area contributed by atoms with Crippen LogP contribution in [0.1, 0.15) is 56.7 Å². The standard InChI is InChI=1S/C30H36O4/c1-4-5-21-29(31,27-22-32-28(2,3)34-27)23-33-30(24-15-9-6-10-16-24,25-17-11-7-12-18-25)26-19-13-8-14-20-26/h6-20,27,31H,4-5,21-23H2,1-3H3/t27-,29-/m0/s1. The Morgan fingerprint density at radius 3 is 1.71 bits per heavy atom. The fourth-order valence-electron chi connectivity index (χ4n) is 4.76. The van der Waals surface area contributed by atoms with Crippen molar-refractivity contribution in [2.45, 2.75) is 63.1 Å². The highest BCUT2D eigenvalue weighted by Crippen LogP contribution is 2.42. The molecule has 4 rings (SSSR count). The maximum Gasteiger partial charge on any atom is 0.163 e. The second kappa shape index (κ2) is 10.4. The van der Waals surface area contributed by atoms with Gasteiger partial charge < -0.3 is 19.3 Å². The topological polar surface area (TPSA) is 47.9 Å². The molecule has 1 aliphatic heterocycles. The highest BCUT2D eigenvalue weighted by Gasteiger charge is 2.48. The van der Waals surface area contributed by atoms with E-state index in [0.29, 0.717) is 13.0 Å². The molecule has 1 fully saturated rings. The van der Waals surface area contributed by atoms with Gasteiger partial charge >= 0.3 is 0 Å². The molecule has 0 aromatic heterocycles. The zero-order valence-electron chi connectivity index (χ0n) is 20.4. The Hall–Kier alpha value is -2.50. The lowest BCUT2D eigenvalue weighted by Crippen LogP contribution is -2.51. The van der Waals surface area contributed by atoms with Crippen LogP contribution in [0.2, 0.25) is 0 Å². The average molecular weight is 461 g/mol. The summed E-state index contributed by atoms with van der Waals surface area (Å²) >= 11 is 0. The quantitative estimate of drug-likeness (QED) is 0.373. The SMILES string of the molecule is CCCC[C@](O)(COC(c1ccccc1)(c1ccccc1)c1ccccc1)[C@@H]1COC(C)(C)O1. The third-order valence-corrected chi connectivity index (χ3v) is 6.65. The van der Waals surface area contributed by atoms with Crippen molar-refractivity contribution >= 4 is 0 Å². The van der Waals surface area contributed by atoms with Crippen molar-refractivity contribution in [3.05, 3.63) is 108 Å². The summed E-state index contributed by atoms with van der Waals surface area (Å²) in [6.07, 6.45) is 1.95. The van der Waals surface area contributed by atoms with Gasteiger partial charge in [0.15, 0.2) is 5.79 Å². The van der Waals surface area contributed by atoms with Gasteiger partial charge in [-0.05, 0) is 37.0 Å². The molecule has 0 aliphatic carbocycles. The first-order valence-electron chi connectivity index (χ1n) is 12.2. The third-order valence-electron chi connectivity index (χ3n) is 6.65. The predicted octanol–water partition coefficient (Wildman–Crippen LogP) is 6.07. The second-order valence-electron chi connectivity index (χ2n) is 9.59. The minimum Gasteiger partial charge on any atom is -0.385 e. The average Bonchev–Trinajstić information content (AvgIpc) is 3.25. The molecule has 3 aromatic rings. The van der Waals surface area contributed by atoms with E-state index < -0.39 is 23.1 Å². The third kappa shape index (κ3) is 5.11. The Bertz CT molecular complexity index is 923. The van der Waals surface area contributed by atoms with Crippen LogP contribution in [0.3, 0.4) is 0 Å². The number of benzene rings is 3. The molecule has 0 saturated carbocycles. The van der Waals surface area contributed by atoms with Gasteiger partial charge in [0.05, 0.1) is 13.2 Å². The molecule has 0 spiro atoms. The number of aliphatic hydroxyl groups is 1. The first kappa shape index (κ1) is 24.6. The van der Waals surface area contributed by atoms with Gasteiger partial charge in [-0.1, -0.05) is 111 Å². The van der Waals surface area contributed by atoms with Crippen LogP contribution >= 0.6 is 0 Å². The molecule has 4 heteroatoms. The molecular weight excluding hydrogens is 424 g/mol. The first-order valence-corrected chi connectivity index (χ1v) is 12.2. The molecule has 1 saturated heterocycles. The van der Waals surface area contributed by atoms with E-state index in [9.17, 15) is 5.11 Å².